The molecule has 2 nitrogen and oxygen atoms in total. The van der Waals surface area contributed by atoms with Gasteiger partial charge >= 0.3 is 0 Å². The highest BCUT2D eigenvalue weighted by atomic mass is 31.2. The van der Waals surface area contributed by atoms with Gasteiger partial charge in [0.1, 0.15) is 12.2 Å². The molecule has 246 valence electrons. The van der Waals surface area contributed by atoms with Crippen LogP contribution >= 0.6 is 14.5 Å². The molecule has 0 aliphatic carbocycles. The summed E-state index contributed by atoms with van der Waals surface area (Å²) in [5.74, 6) is -0.694. The summed E-state index contributed by atoms with van der Waals surface area (Å²) < 4.78 is 14.2. The summed E-state index contributed by atoms with van der Waals surface area (Å²) in [7, 11) is -4.07. The lowest BCUT2D eigenvalue weighted by atomic mass is 10.2. The average Bonchev–Trinajstić information content (AvgIpc) is 3.44. The van der Waals surface area contributed by atoms with E-state index in [9.17, 15) is 0 Å². The SMILES string of the molecule is CC1(C)O[C@@H](C[P+](Cc2ccccc2)(c2ccccc2)c2ccccc2)[C@H](C[P+](Cc2ccccc2)(c2ccccc2)c2ccccc2)O1. The molecule has 0 bridgehead atoms. The van der Waals surface area contributed by atoms with Crippen LogP contribution in [-0.2, 0) is 21.8 Å². The summed E-state index contributed by atoms with van der Waals surface area (Å²) in [5.41, 5.74) is 2.72. The standard InChI is InChI=1S/C45H46O2P2/c1-45(2)46-43(35-48(39-25-13-5-14-26-39,40-27-15-6-16-28-40)33-37-21-9-3-10-22-37)44(47-45)36-49(41-29-17-7-18-30-41,42-31-19-8-20-32-42)34-38-23-11-4-12-24-38/h3-32,43-44H,33-36H2,1-2H3/q+2/t43-,44-/m0/s1. The molecule has 0 amide bonds. The Balaban J connectivity index is 1.37. The normalized spacial score (nSPS) is 17.5. The largest absolute Gasteiger partial charge is 0.341 e. The molecule has 7 rings (SSSR count). The molecule has 6 aromatic carbocycles. The topological polar surface area (TPSA) is 18.5 Å². The van der Waals surface area contributed by atoms with Crippen molar-refractivity contribution < 1.29 is 9.47 Å². The van der Waals surface area contributed by atoms with Crippen molar-refractivity contribution in [1.29, 1.82) is 0 Å². The van der Waals surface area contributed by atoms with Crippen LogP contribution in [0.25, 0.3) is 0 Å². The Morgan fingerprint density at radius 3 is 0.898 bits per heavy atom. The van der Waals surface area contributed by atoms with E-state index in [1.807, 2.05) is 0 Å². The summed E-state index contributed by atoms with van der Waals surface area (Å²) >= 11 is 0. The zero-order valence-electron chi connectivity index (χ0n) is 28.5. The molecule has 0 radical (unpaired) electrons. The van der Waals surface area contributed by atoms with Crippen molar-refractivity contribution in [2.45, 2.75) is 44.2 Å². The number of hydrogen-bond acceptors (Lipinski definition) is 2. The zero-order valence-corrected chi connectivity index (χ0v) is 30.3. The second-order valence-corrected chi connectivity index (χ2v) is 20.9. The first-order chi connectivity index (χ1) is 24.0. The van der Waals surface area contributed by atoms with Gasteiger partial charge < -0.3 is 9.47 Å². The van der Waals surface area contributed by atoms with E-state index in [0.29, 0.717) is 0 Å². The van der Waals surface area contributed by atoms with E-state index in [1.54, 1.807) is 0 Å². The highest BCUT2D eigenvalue weighted by molar-refractivity contribution is 7.89. The molecule has 0 saturated carbocycles. The Morgan fingerprint density at radius 2 is 0.633 bits per heavy atom. The van der Waals surface area contributed by atoms with Gasteiger partial charge in [-0.05, 0) is 73.5 Å². The van der Waals surface area contributed by atoms with E-state index < -0.39 is 20.3 Å². The van der Waals surface area contributed by atoms with Crippen LogP contribution in [-0.4, -0.2) is 30.3 Å². The highest BCUT2D eigenvalue weighted by Gasteiger charge is 2.56. The lowest BCUT2D eigenvalue weighted by molar-refractivity contribution is -0.142. The van der Waals surface area contributed by atoms with Gasteiger partial charge in [0.15, 0.2) is 5.79 Å². The maximum Gasteiger partial charge on any atom is 0.164 e. The highest BCUT2D eigenvalue weighted by Crippen LogP contribution is 2.64. The van der Waals surface area contributed by atoms with Gasteiger partial charge in [-0.3, -0.25) is 0 Å². The fourth-order valence-electron chi connectivity index (χ4n) is 7.69. The van der Waals surface area contributed by atoms with Crippen molar-refractivity contribution in [3.63, 3.8) is 0 Å². The summed E-state index contributed by atoms with van der Waals surface area (Å²) in [6.07, 6.45) is 3.57. The van der Waals surface area contributed by atoms with E-state index in [-0.39, 0.29) is 12.2 Å². The van der Waals surface area contributed by atoms with Gasteiger partial charge in [-0.25, -0.2) is 0 Å². The summed E-state index contributed by atoms with van der Waals surface area (Å²) in [5, 5.41) is 5.64. The predicted molar refractivity (Wildman–Crippen MR) is 212 cm³/mol. The summed E-state index contributed by atoms with van der Waals surface area (Å²) in [4.78, 5) is 0. The van der Waals surface area contributed by atoms with Crippen LogP contribution in [0.15, 0.2) is 182 Å². The van der Waals surface area contributed by atoms with Crippen LogP contribution in [0.1, 0.15) is 25.0 Å². The third kappa shape index (κ3) is 7.50. The molecule has 0 aromatic heterocycles. The molecule has 1 aliphatic rings. The molecule has 4 heteroatoms. The molecular weight excluding hydrogens is 634 g/mol. The third-order valence-electron chi connectivity index (χ3n) is 9.86. The smallest absolute Gasteiger partial charge is 0.164 e. The maximum atomic E-state index is 7.09. The Kier molecular flexibility index (Phi) is 10.2. The molecule has 49 heavy (non-hydrogen) atoms. The molecule has 0 unspecified atom stereocenters. The van der Waals surface area contributed by atoms with Gasteiger partial charge in [0.2, 0.25) is 0 Å². The summed E-state index contributed by atoms with van der Waals surface area (Å²) in [6, 6.07) is 67.0. The first-order valence-electron chi connectivity index (χ1n) is 17.4. The molecule has 0 spiro atoms. The molecule has 1 fully saturated rings. The lowest BCUT2D eigenvalue weighted by Gasteiger charge is -2.33. The van der Waals surface area contributed by atoms with Gasteiger partial charge in [0, 0.05) is 0 Å². The van der Waals surface area contributed by atoms with Crippen LogP contribution in [0, 0.1) is 0 Å². The minimum atomic E-state index is -2.03. The Labute approximate surface area is 293 Å². The van der Waals surface area contributed by atoms with Crippen molar-refractivity contribution in [3.8, 4) is 0 Å². The van der Waals surface area contributed by atoms with E-state index in [1.165, 1.54) is 32.3 Å². The monoisotopic (exact) mass is 680 g/mol. The molecule has 0 N–H and O–H groups in total. The van der Waals surface area contributed by atoms with Gasteiger partial charge in [-0.15, -0.1) is 0 Å². The summed E-state index contributed by atoms with van der Waals surface area (Å²) in [6.45, 7) is 4.20. The fraction of sp³-hybridized carbons (Fsp3) is 0.200. The van der Waals surface area contributed by atoms with E-state index in [0.717, 1.165) is 24.6 Å². The van der Waals surface area contributed by atoms with Crippen molar-refractivity contribution in [2.75, 3.05) is 12.3 Å². The van der Waals surface area contributed by atoms with Crippen molar-refractivity contribution in [3.05, 3.63) is 193 Å². The van der Waals surface area contributed by atoms with Crippen LogP contribution in [0.5, 0.6) is 0 Å². The minimum Gasteiger partial charge on any atom is -0.341 e. The van der Waals surface area contributed by atoms with E-state index >= 15 is 0 Å². The second kappa shape index (κ2) is 14.9. The quantitative estimate of drug-likeness (QED) is 0.120. The average molecular weight is 681 g/mol. The first kappa shape index (κ1) is 33.6. The third-order valence-corrected chi connectivity index (χ3v) is 18.8. The van der Waals surface area contributed by atoms with Crippen molar-refractivity contribution in [2.24, 2.45) is 0 Å². The molecular formula is C45H46O2P2+2. The van der Waals surface area contributed by atoms with Crippen LogP contribution in [0.4, 0.5) is 0 Å². The molecule has 1 saturated heterocycles. The first-order valence-corrected chi connectivity index (χ1v) is 21.7. The minimum absolute atomic E-state index is 0.0879. The second-order valence-electron chi connectivity index (χ2n) is 13.6. The Hall–Kier alpha value is -3.90. The Morgan fingerprint density at radius 1 is 0.388 bits per heavy atom. The molecule has 1 aliphatic heterocycles. The van der Waals surface area contributed by atoms with Gasteiger partial charge in [-0.1, -0.05) is 133 Å². The Bertz CT molecular complexity index is 1660. The molecule has 6 aromatic rings. The molecule has 2 atom stereocenters. The van der Waals surface area contributed by atoms with E-state index in [2.05, 4.69) is 196 Å². The fourth-order valence-corrected chi connectivity index (χ4v) is 16.6. The van der Waals surface area contributed by atoms with Crippen LogP contribution in [0.3, 0.4) is 0 Å². The van der Waals surface area contributed by atoms with Crippen LogP contribution < -0.4 is 21.2 Å². The number of ether oxygens (including phenoxy) is 2. The van der Waals surface area contributed by atoms with Crippen molar-refractivity contribution in [1.82, 2.24) is 0 Å². The van der Waals surface area contributed by atoms with Crippen LogP contribution in [0.2, 0.25) is 0 Å². The predicted octanol–water partition coefficient (Wildman–Crippen LogP) is 9.24. The van der Waals surface area contributed by atoms with E-state index in [4.69, 9.17) is 9.47 Å². The molecule has 1 heterocycles. The van der Waals surface area contributed by atoms with Gasteiger partial charge in [0.05, 0.1) is 60.4 Å². The maximum absolute atomic E-state index is 7.09. The number of benzene rings is 6. The number of rotatable bonds is 12. The van der Waals surface area contributed by atoms with Crippen molar-refractivity contribution >= 4 is 35.7 Å². The lowest BCUT2D eigenvalue weighted by Crippen LogP contribution is -2.40. The number of hydrogen-bond donors (Lipinski definition) is 0. The zero-order chi connectivity index (χ0) is 33.6. The van der Waals surface area contributed by atoms with Gasteiger partial charge in [0.25, 0.3) is 0 Å². The van der Waals surface area contributed by atoms with Gasteiger partial charge in [-0.2, -0.15) is 0 Å².